The van der Waals surface area contributed by atoms with Crippen molar-refractivity contribution in [2.75, 3.05) is 36.0 Å². The number of hydrogen-bond donors (Lipinski definition) is 1. The van der Waals surface area contributed by atoms with Crippen molar-refractivity contribution in [3.63, 3.8) is 0 Å². The van der Waals surface area contributed by atoms with Crippen molar-refractivity contribution in [1.82, 2.24) is 20.5 Å². The maximum absolute atomic E-state index is 4.56. The van der Waals surface area contributed by atoms with Gasteiger partial charge < -0.3 is 15.1 Å². The molecule has 6 nitrogen and oxygen atoms in total. The molecule has 0 spiro atoms. The summed E-state index contributed by atoms with van der Waals surface area (Å²) < 4.78 is 0. The Balaban J connectivity index is 1.53. The molecule has 2 aromatic rings. The maximum Gasteiger partial charge on any atom is 0.185 e. The lowest BCUT2D eigenvalue weighted by Crippen LogP contribution is -2.45. The molecule has 0 bridgehead atoms. The fourth-order valence-electron chi connectivity index (χ4n) is 3.08. The maximum atomic E-state index is 4.56. The first-order chi connectivity index (χ1) is 11.8. The van der Waals surface area contributed by atoms with Crippen LogP contribution in [0, 0.1) is 0 Å². The van der Waals surface area contributed by atoms with Crippen LogP contribution in [-0.2, 0) is 6.54 Å². The third-order valence-corrected chi connectivity index (χ3v) is 5.50. The van der Waals surface area contributed by atoms with Crippen LogP contribution in [0.5, 0.6) is 0 Å². The summed E-state index contributed by atoms with van der Waals surface area (Å²) in [5.74, 6) is 0.977. The minimum Gasteiger partial charge on any atom is -0.354 e. The molecule has 7 heteroatoms. The molecule has 0 saturated carbocycles. The van der Waals surface area contributed by atoms with Gasteiger partial charge in [0.25, 0.3) is 0 Å². The average Bonchev–Trinajstić information content (AvgIpc) is 3.11. The molecular formula is C17H26N6S. The van der Waals surface area contributed by atoms with Gasteiger partial charge in [-0.1, -0.05) is 0 Å². The van der Waals surface area contributed by atoms with Crippen LogP contribution in [0.25, 0.3) is 0 Å². The Morgan fingerprint density at radius 1 is 1.38 bits per heavy atom. The molecule has 2 aromatic heterocycles. The molecular weight excluding hydrogens is 320 g/mol. The lowest BCUT2D eigenvalue weighted by atomic mass is 10.1. The lowest BCUT2D eigenvalue weighted by Gasteiger charge is -2.33. The number of nitrogens with one attached hydrogen (secondary N) is 1. The molecule has 3 rings (SSSR count). The highest BCUT2D eigenvalue weighted by atomic mass is 32.1. The lowest BCUT2D eigenvalue weighted by molar-refractivity contribution is 0.420. The van der Waals surface area contributed by atoms with E-state index >= 15 is 0 Å². The van der Waals surface area contributed by atoms with E-state index < -0.39 is 0 Å². The summed E-state index contributed by atoms with van der Waals surface area (Å²) in [6.45, 7) is 9.29. The molecule has 0 aliphatic carbocycles. The van der Waals surface area contributed by atoms with E-state index in [9.17, 15) is 0 Å². The van der Waals surface area contributed by atoms with Gasteiger partial charge in [-0.15, -0.1) is 16.4 Å². The molecule has 1 unspecified atom stereocenters. The van der Waals surface area contributed by atoms with E-state index in [0.717, 1.165) is 43.7 Å². The van der Waals surface area contributed by atoms with Gasteiger partial charge in [0.15, 0.2) is 10.9 Å². The predicted molar refractivity (Wildman–Crippen MR) is 99.8 cm³/mol. The topological polar surface area (TPSA) is 57.2 Å². The summed E-state index contributed by atoms with van der Waals surface area (Å²) in [6.07, 6.45) is 6.12. The van der Waals surface area contributed by atoms with Crippen LogP contribution in [0.1, 0.15) is 31.6 Å². The SMILES string of the molecule is CCN(CC)c1ncc(CNC2CCCN(c3cccnn3)C2)s1. The monoisotopic (exact) mass is 346 g/mol. The molecule has 3 heterocycles. The van der Waals surface area contributed by atoms with Gasteiger partial charge in [-0.2, -0.15) is 5.10 Å². The molecule has 24 heavy (non-hydrogen) atoms. The van der Waals surface area contributed by atoms with Gasteiger partial charge in [-0.3, -0.25) is 0 Å². The van der Waals surface area contributed by atoms with E-state index in [-0.39, 0.29) is 0 Å². The standard InChI is InChI=1S/C17H26N6S/c1-3-22(4-2)17-19-12-15(24-17)11-18-14-7-6-10-23(13-14)16-8-5-9-20-21-16/h5,8-9,12,14,18H,3-4,6-7,10-11,13H2,1-2H3. The molecule has 1 aliphatic heterocycles. The smallest absolute Gasteiger partial charge is 0.185 e. The summed E-state index contributed by atoms with van der Waals surface area (Å²) in [6, 6.07) is 4.47. The van der Waals surface area contributed by atoms with Crippen molar-refractivity contribution in [3.8, 4) is 0 Å². The second-order valence-corrected chi connectivity index (χ2v) is 7.12. The van der Waals surface area contributed by atoms with Crippen molar-refractivity contribution < 1.29 is 0 Å². The van der Waals surface area contributed by atoms with Crippen molar-refractivity contribution in [1.29, 1.82) is 0 Å². The van der Waals surface area contributed by atoms with E-state index in [1.165, 1.54) is 17.7 Å². The van der Waals surface area contributed by atoms with Gasteiger partial charge in [0.05, 0.1) is 0 Å². The summed E-state index contributed by atoms with van der Waals surface area (Å²) in [5, 5.41) is 13.0. The van der Waals surface area contributed by atoms with Crippen molar-refractivity contribution in [2.24, 2.45) is 0 Å². The zero-order valence-corrected chi connectivity index (χ0v) is 15.3. The van der Waals surface area contributed by atoms with Crippen LogP contribution in [0.4, 0.5) is 10.9 Å². The van der Waals surface area contributed by atoms with Gasteiger partial charge in [0.2, 0.25) is 0 Å². The van der Waals surface area contributed by atoms with Gasteiger partial charge >= 0.3 is 0 Å². The largest absolute Gasteiger partial charge is 0.354 e. The van der Waals surface area contributed by atoms with E-state index in [0.29, 0.717) is 6.04 Å². The fraction of sp³-hybridized carbons (Fsp3) is 0.588. The predicted octanol–water partition coefficient (Wildman–Crippen LogP) is 2.54. The van der Waals surface area contributed by atoms with E-state index in [2.05, 4.69) is 44.1 Å². The number of aromatic nitrogens is 3. The second kappa shape index (κ2) is 8.39. The Morgan fingerprint density at radius 2 is 2.25 bits per heavy atom. The Morgan fingerprint density at radius 3 is 3.00 bits per heavy atom. The zero-order chi connectivity index (χ0) is 16.8. The van der Waals surface area contributed by atoms with Gasteiger partial charge in [0.1, 0.15) is 0 Å². The fourth-order valence-corrected chi connectivity index (χ4v) is 4.07. The molecule has 1 saturated heterocycles. The van der Waals surface area contributed by atoms with Gasteiger partial charge in [0, 0.05) is 56.0 Å². The quantitative estimate of drug-likeness (QED) is 0.831. The minimum atomic E-state index is 0.486. The Labute approximate surface area is 147 Å². The first-order valence-electron chi connectivity index (χ1n) is 8.75. The normalized spacial score (nSPS) is 17.9. The van der Waals surface area contributed by atoms with Gasteiger partial charge in [-0.05, 0) is 38.8 Å². The third-order valence-electron chi connectivity index (χ3n) is 4.44. The Bertz CT molecular complexity index is 613. The number of thiazole rings is 1. The Kier molecular flexibility index (Phi) is 5.98. The number of anilines is 2. The molecule has 1 atom stereocenters. The highest BCUT2D eigenvalue weighted by Crippen LogP contribution is 2.23. The minimum absolute atomic E-state index is 0.486. The van der Waals surface area contributed by atoms with Crippen LogP contribution < -0.4 is 15.1 Å². The molecule has 1 N–H and O–H groups in total. The second-order valence-electron chi connectivity index (χ2n) is 6.03. The first kappa shape index (κ1) is 17.1. The number of piperidine rings is 1. The summed E-state index contributed by atoms with van der Waals surface area (Å²) in [7, 11) is 0. The number of rotatable bonds is 7. The summed E-state index contributed by atoms with van der Waals surface area (Å²) in [4.78, 5) is 10.5. The van der Waals surface area contributed by atoms with Crippen molar-refractivity contribution >= 4 is 22.3 Å². The highest BCUT2D eigenvalue weighted by molar-refractivity contribution is 7.15. The van der Waals surface area contributed by atoms with E-state index in [1.54, 1.807) is 17.5 Å². The molecule has 0 amide bonds. The number of hydrogen-bond acceptors (Lipinski definition) is 7. The third kappa shape index (κ3) is 4.21. The summed E-state index contributed by atoms with van der Waals surface area (Å²) >= 11 is 1.79. The summed E-state index contributed by atoms with van der Waals surface area (Å²) in [5.41, 5.74) is 0. The van der Waals surface area contributed by atoms with Crippen LogP contribution in [-0.4, -0.2) is 47.4 Å². The van der Waals surface area contributed by atoms with E-state index in [4.69, 9.17) is 0 Å². The molecule has 1 aliphatic rings. The molecule has 130 valence electrons. The number of nitrogens with zero attached hydrogens (tertiary/aromatic N) is 5. The molecule has 1 fully saturated rings. The Hall–Kier alpha value is -1.73. The zero-order valence-electron chi connectivity index (χ0n) is 14.5. The van der Waals surface area contributed by atoms with Crippen molar-refractivity contribution in [3.05, 3.63) is 29.4 Å². The van der Waals surface area contributed by atoms with Crippen LogP contribution in [0.3, 0.4) is 0 Å². The van der Waals surface area contributed by atoms with Crippen LogP contribution in [0.15, 0.2) is 24.5 Å². The molecule has 0 radical (unpaired) electrons. The van der Waals surface area contributed by atoms with Gasteiger partial charge in [-0.25, -0.2) is 4.98 Å². The van der Waals surface area contributed by atoms with Crippen LogP contribution in [0.2, 0.25) is 0 Å². The van der Waals surface area contributed by atoms with E-state index in [1.807, 2.05) is 18.3 Å². The highest BCUT2D eigenvalue weighted by Gasteiger charge is 2.21. The average molecular weight is 347 g/mol. The molecule has 0 aromatic carbocycles. The van der Waals surface area contributed by atoms with Crippen LogP contribution >= 0.6 is 11.3 Å². The first-order valence-corrected chi connectivity index (χ1v) is 9.57. The van der Waals surface area contributed by atoms with Crippen molar-refractivity contribution in [2.45, 2.75) is 39.3 Å².